The van der Waals surface area contributed by atoms with Gasteiger partial charge < -0.3 is 30.5 Å². The number of aliphatic hydroxyl groups is 2. The maximum Gasteiger partial charge on any atom is 0.481 e. The largest absolute Gasteiger partial charge is 0.481 e. The zero-order chi connectivity index (χ0) is 28.7. The minimum Gasteiger partial charge on any atom is -0.387 e. The van der Waals surface area contributed by atoms with Gasteiger partial charge in [-0.15, -0.1) is 0 Å². The molecule has 2 aromatic heterocycles. The molecular formula is C18H22N6O13P2. The van der Waals surface area contributed by atoms with E-state index in [-0.39, 0.29) is 22.7 Å². The van der Waals surface area contributed by atoms with E-state index in [0.29, 0.717) is 0 Å². The molecule has 0 radical (unpaired) electrons. The first-order chi connectivity index (χ1) is 18.2. The Balaban J connectivity index is 1.41. The molecular weight excluding hydrogens is 570 g/mol. The maximum absolute atomic E-state index is 12.3. The lowest BCUT2D eigenvalue weighted by molar-refractivity contribution is -0.386. The summed E-state index contributed by atoms with van der Waals surface area (Å²) < 4.78 is 45.0. The quantitative estimate of drug-likeness (QED) is 0.104. The number of nitro groups is 1. The summed E-state index contributed by atoms with van der Waals surface area (Å²) in [5.74, 6) is -0.257. The number of nitrogens with zero attached hydrogens (tertiary/aromatic N) is 4. The van der Waals surface area contributed by atoms with Crippen LogP contribution in [0.25, 0.3) is 11.2 Å². The molecule has 1 aliphatic heterocycles. The van der Waals surface area contributed by atoms with Crippen molar-refractivity contribution in [1.82, 2.24) is 19.5 Å². The number of ether oxygens (including phenoxy) is 1. The van der Waals surface area contributed by atoms with E-state index in [1.807, 2.05) is 0 Å². The third-order valence-electron chi connectivity index (χ3n) is 5.53. The van der Waals surface area contributed by atoms with Crippen LogP contribution in [0, 0.1) is 10.1 Å². The van der Waals surface area contributed by atoms with Crippen LogP contribution < -0.4 is 11.3 Å². The molecule has 39 heavy (non-hydrogen) atoms. The number of H-pyrrole nitrogens is 1. The normalized spacial score (nSPS) is 25.3. The van der Waals surface area contributed by atoms with E-state index < -0.39 is 69.1 Å². The Morgan fingerprint density at radius 2 is 1.95 bits per heavy atom. The third kappa shape index (κ3) is 6.23. The van der Waals surface area contributed by atoms with Crippen LogP contribution in [0.2, 0.25) is 0 Å². The maximum atomic E-state index is 12.3. The van der Waals surface area contributed by atoms with Gasteiger partial charge in [-0.1, -0.05) is 12.1 Å². The number of aromatic amines is 1. The average Bonchev–Trinajstić information content (AvgIpc) is 3.37. The molecule has 4 rings (SSSR count). The fourth-order valence-electron chi connectivity index (χ4n) is 3.82. The number of nitrogen functional groups attached to an aromatic ring is 1. The molecule has 0 bridgehead atoms. The molecule has 0 aliphatic carbocycles. The van der Waals surface area contributed by atoms with Crippen molar-refractivity contribution < 1.29 is 52.1 Å². The zero-order valence-electron chi connectivity index (χ0n) is 19.7. The SMILES string of the molecule is CC(OP(=O)(O)OP(=O)(O)OC[C@H]1O[C@@H](n2cnc3c(=O)[nH]c(N)nc32)[C@H](O)[C@@H]1O)c1ccccc1[N+](=O)[O-]. The average molecular weight is 592 g/mol. The number of anilines is 1. The summed E-state index contributed by atoms with van der Waals surface area (Å²) in [5.41, 5.74) is 4.09. The molecule has 0 amide bonds. The van der Waals surface area contributed by atoms with Crippen molar-refractivity contribution in [2.75, 3.05) is 12.3 Å². The second kappa shape index (κ2) is 10.8. The zero-order valence-corrected chi connectivity index (χ0v) is 21.5. The number of benzene rings is 1. The number of imidazole rings is 1. The van der Waals surface area contributed by atoms with Crippen LogP contribution in [0.5, 0.6) is 0 Å². The van der Waals surface area contributed by atoms with E-state index in [0.717, 1.165) is 17.0 Å². The molecule has 1 saturated heterocycles. The Morgan fingerprint density at radius 1 is 1.26 bits per heavy atom. The number of nitro benzene ring substituents is 1. The Morgan fingerprint density at radius 3 is 2.64 bits per heavy atom. The van der Waals surface area contributed by atoms with Gasteiger partial charge in [0.1, 0.15) is 18.3 Å². The number of rotatable bonds is 10. The molecule has 212 valence electrons. The van der Waals surface area contributed by atoms with Crippen LogP contribution in [0.15, 0.2) is 35.4 Å². The Kier molecular flexibility index (Phi) is 8.02. The highest BCUT2D eigenvalue weighted by Gasteiger charge is 2.46. The number of phosphoric acid groups is 2. The summed E-state index contributed by atoms with van der Waals surface area (Å²) in [6.07, 6.45) is -6.56. The number of fused-ring (bicyclic) bond motifs is 1. The molecule has 21 heteroatoms. The van der Waals surface area contributed by atoms with E-state index in [1.165, 1.54) is 25.1 Å². The van der Waals surface area contributed by atoms with Crippen LogP contribution in [0.3, 0.4) is 0 Å². The number of nitrogens with one attached hydrogen (secondary N) is 1. The molecule has 0 saturated carbocycles. The number of phosphoric ester groups is 2. The van der Waals surface area contributed by atoms with Gasteiger partial charge in [0.25, 0.3) is 11.2 Å². The van der Waals surface area contributed by atoms with Crippen molar-refractivity contribution in [1.29, 1.82) is 0 Å². The molecule has 3 unspecified atom stereocenters. The van der Waals surface area contributed by atoms with E-state index in [4.69, 9.17) is 15.0 Å². The standard InChI is InChI=1S/C18H22N6O13P2/c1-8(9-4-2-3-5-10(9)24(28)29)36-39(32,33)37-38(30,31)34-6-11-13(25)14(26)17(35-11)23-7-20-12-15(23)21-18(19)22-16(12)27/h2-5,7-8,11,13-14,17,25-26H,6H2,1H3,(H,30,31)(H,32,33)(H3,19,21,22,27)/t8?,11-,13-,14-,17-/m1/s1. The summed E-state index contributed by atoms with van der Waals surface area (Å²) in [6, 6.07) is 5.15. The summed E-state index contributed by atoms with van der Waals surface area (Å²) in [5, 5.41) is 32.0. The van der Waals surface area contributed by atoms with Gasteiger partial charge in [-0.25, -0.2) is 14.1 Å². The molecule has 7 atom stereocenters. The topological polar surface area (TPSA) is 285 Å². The molecule has 1 aliphatic rings. The van der Waals surface area contributed by atoms with Crippen LogP contribution in [-0.4, -0.2) is 69.4 Å². The summed E-state index contributed by atoms with van der Waals surface area (Å²) >= 11 is 0. The lowest BCUT2D eigenvalue weighted by atomic mass is 10.1. The van der Waals surface area contributed by atoms with Crippen LogP contribution >= 0.6 is 15.6 Å². The number of nitrogens with two attached hydrogens (primary N) is 1. The Labute approximate surface area is 217 Å². The fraction of sp³-hybridized carbons (Fsp3) is 0.389. The number of hydrogen-bond donors (Lipinski definition) is 6. The highest BCUT2D eigenvalue weighted by atomic mass is 31.3. The first-order valence-electron chi connectivity index (χ1n) is 10.9. The van der Waals surface area contributed by atoms with E-state index in [2.05, 4.69) is 23.8 Å². The summed E-state index contributed by atoms with van der Waals surface area (Å²) in [6.45, 7) is 0.253. The second-order valence-corrected chi connectivity index (χ2v) is 11.2. The Hall–Kier alpha value is -3.09. The van der Waals surface area contributed by atoms with Crippen molar-refractivity contribution in [3.05, 3.63) is 56.6 Å². The van der Waals surface area contributed by atoms with Crippen molar-refractivity contribution in [3.8, 4) is 0 Å². The second-order valence-electron chi connectivity index (χ2n) is 8.20. The number of aliphatic hydroxyl groups excluding tert-OH is 2. The minimum atomic E-state index is -5.36. The van der Waals surface area contributed by atoms with Crippen molar-refractivity contribution in [3.63, 3.8) is 0 Å². The van der Waals surface area contributed by atoms with Crippen molar-refractivity contribution >= 4 is 38.4 Å². The predicted octanol–water partition coefficient (Wildman–Crippen LogP) is 0.241. The highest BCUT2D eigenvalue weighted by molar-refractivity contribution is 7.61. The lowest BCUT2D eigenvalue weighted by Gasteiger charge is -2.21. The first kappa shape index (κ1) is 28.9. The number of aromatic nitrogens is 4. The van der Waals surface area contributed by atoms with Gasteiger partial charge in [-0.3, -0.25) is 33.5 Å². The third-order valence-corrected chi connectivity index (χ3v) is 8.24. The van der Waals surface area contributed by atoms with E-state index in [1.54, 1.807) is 0 Å². The van der Waals surface area contributed by atoms with Gasteiger partial charge in [0.05, 0.1) is 29.5 Å². The van der Waals surface area contributed by atoms with Crippen LogP contribution in [-0.2, 0) is 27.2 Å². The molecule has 7 N–H and O–H groups in total. The molecule has 3 aromatic rings. The van der Waals surface area contributed by atoms with Crippen molar-refractivity contribution in [2.45, 2.75) is 37.6 Å². The lowest BCUT2D eigenvalue weighted by Crippen LogP contribution is -2.33. The molecule has 1 fully saturated rings. The van der Waals surface area contributed by atoms with Gasteiger partial charge >= 0.3 is 15.6 Å². The Bertz CT molecular complexity index is 1550. The van der Waals surface area contributed by atoms with Gasteiger partial charge in [-0.2, -0.15) is 9.29 Å². The number of hydrogen-bond acceptors (Lipinski definition) is 14. The summed E-state index contributed by atoms with van der Waals surface area (Å²) in [4.78, 5) is 52.3. The van der Waals surface area contributed by atoms with Gasteiger partial charge in [0, 0.05) is 6.07 Å². The summed E-state index contributed by atoms with van der Waals surface area (Å²) in [7, 11) is -10.7. The predicted molar refractivity (Wildman–Crippen MR) is 128 cm³/mol. The monoisotopic (exact) mass is 592 g/mol. The molecule has 0 spiro atoms. The van der Waals surface area contributed by atoms with Gasteiger partial charge in [-0.05, 0) is 13.0 Å². The number of para-hydroxylation sites is 1. The molecule has 1 aromatic carbocycles. The fourth-order valence-corrected chi connectivity index (χ4v) is 6.06. The smallest absolute Gasteiger partial charge is 0.387 e. The highest BCUT2D eigenvalue weighted by Crippen LogP contribution is 2.62. The van der Waals surface area contributed by atoms with Gasteiger partial charge in [0.2, 0.25) is 5.95 Å². The molecule has 19 nitrogen and oxygen atoms in total. The van der Waals surface area contributed by atoms with E-state index in [9.17, 15) is 44.0 Å². The van der Waals surface area contributed by atoms with E-state index >= 15 is 0 Å². The minimum absolute atomic E-state index is 0.0867. The molecule has 3 heterocycles. The first-order valence-corrected chi connectivity index (χ1v) is 13.9. The van der Waals surface area contributed by atoms with Gasteiger partial charge in [0.15, 0.2) is 17.4 Å². The van der Waals surface area contributed by atoms with Crippen molar-refractivity contribution in [2.24, 2.45) is 0 Å². The van der Waals surface area contributed by atoms with Crippen LogP contribution in [0.1, 0.15) is 24.8 Å². The van der Waals surface area contributed by atoms with Crippen LogP contribution in [0.4, 0.5) is 11.6 Å².